The number of hydrogen-bond acceptors (Lipinski definition) is 4. The normalized spacial score (nSPS) is 15.8. The Morgan fingerprint density at radius 1 is 1.11 bits per heavy atom. The number of benzene rings is 1. The number of hydrogen-bond donors (Lipinski definition) is 1. The van der Waals surface area contributed by atoms with Gasteiger partial charge in [0.1, 0.15) is 5.75 Å². The number of halogens is 1. The Hall–Kier alpha value is -2.96. The first-order valence-electron chi connectivity index (χ1n) is 8.88. The molecule has 1 fully saturated rings. The number of alkyl halides is 1. The Morgan fingerprint density at radius 3 is 2.44 bits per heavy atom. The Labute approximate surface area is 157 Å². The smallest absolute Gasteiger partial charge is 0.260 e. The summed E-state index contributed by atoms with van der Waals surface area (Å²) in [6.45, 7) is 0.532. The third-order valence-electron chi connectivity index (χ3n) is 4.62. The Bertz CT molecular complexity index is 763. The molecule has 6 nitrogen and oxygen atoms in total. The molecule has 0 saturated carbocycles. The maximum absolute atomic E-state index is 15.0. The number of pyridine rings is 1. The van der Waals surface area contributed by atoms with Gasteiger partial charge < -0.3 is 15.0 Å². The van der Waals surface area contributed by atoms with Crippen molar-refractivity contribution in [3.8, 4) is 5.75 Å². The number of rotatable bonds is 6. The molecule has 0 unspecified atom stereocenters. The van der Waals surface area contributed by atoms with Crippen LogP contribution in [-0.2, 0) is 16.1 Å². The zero-order chi connectivity index (χ0) is 19.1. The van der Waals surface area contributed by atoms with Crippen LogP contribution in [0.15, 0.2) is 54.9 Å². The summed E-state index contributed by atoms with van der Waals surface area (Å²) >= 11 is 0. The van der Waals surface area contributed by atoms with E-state index in [1.807, 2.05) is 18.2 Å². The summed E-state index contributed by atoms with van der Waals surface area (Å²) in [4.78, 5) is 29.9. The Kier molecular flexibility index (Phi) is 6.01. The van der Waals surface area contributed by atoms with E-state index in [1.54, 1.807) is 36.7 Å². The van der Waals surface area contributed by atoms with Gasteiger partial charge in [-0.3, -0.25) is 14.6 Å². The van der Waals surface area contributed by atoms with Crippen LogP contribution in [0.25, 0.3) is 0 Å². The van der Waals surface area contributed by atoms with Gasteiger partial charge >= 0.3 is 0 Å². The lowest BCUT2D eigenvalue weighted by atomic mass is 9.92. The maximum atomic E-state index is 15.0. The number of amides is 2. The van der Waals surface area contributed by atoms with Crippen LogP contribution in [0, 0.1) is 0 Å². The first-order valence-corrected chi connectivity index (χ1v) is 8.88. The highest BCUT2D eigenvalue weighted by molar-refractivity contribution is 5.85. The summed E-state index contributed by atoms with van der Waals surface area (Å²) < 4.78 is 20.4. The van der Waals surface area contributed by atoms with E-state index in [2.05, 4.69) is 10.3 Å². The van der Waals surface area contributed by atoms with Crippen molar-refractivity contribution >= 4 is 11.8 Å². The quantitative estimate of drug-likeness (QED) is 0.844. The Morgan fingerprint density at radius 2 is 1.78 bits per heavy atom. The van der Waals surface area contributed by atoms with E-state index in [-0.39, 0.29) is 45.0 Å². The second-order valence-electron chi connectivity index (χ2n) is 6.49. The standard InChI is InChI=1S/C20H22FN3O3/c21-20(19(26)23-14-16-6-10-22-11-7-16)8-12-24(13-9-20)18(25)15-27-17-4-2-1-3-5-17/h1-7,10-11H,8-9,12-15H2,(H,23,26). The van der Waals surface area contributed by atoms with Gasteiger partial charge in [0.15, 0.2) is 12.3 Å². The third kappa shape index (κ3) is 5.03. The zero-order valence-electron chi connectivity index (χ0n) is 14.9. The molecular formula is C20H22FN3O3. The molecule has 0 atom stereocenters. The first kappa shape index (κ1) is 18.8. The monoisotopic (exact) mass is 371 g/mol. The average molecular weight is 371 g/mol. The fourth-order valence-corrected chi connectivity index (χ4v) is 2.93. The molecule has 2 amide bonds. The minimum Gasteiger partial charge on any atom is -0.484 e. The molecule has 1 saturated heterocycles. The van der Waals surface area contributed by atoms with Crippen LogP contribution < -0.4 is 10.1 Å². The molecule has 0 bridgehead atoms. The summed E-state index contributed by atoms with van der Waals surface area (Å²) in [5.41, 5.74) is -1.10. The van der Waals surface area contributed by atoms with E-state index < -0.39 is 11.6 Å². The van der Waals surface area contributed by atoms with Gasteiger partial charge in [0.05, 0.1) is 0 Å². The number of nitrogens with one attached hydrogen (secondary N) is 1. The summed E-state index contributed by atoms with van der Waals surface area (Å²) in [7, 11) is 0. The number of para-hydroxylation sites is 1. The predicted molar refractivity (Wildman–Crippen MR) is 97.7 cm³/mol. The van der Waals surface area contributed by atoms with Gasteiger partial charge in [0.2, 0.25) is 0 Å². The van der Waals surface area contributed by atoms with Crippen LogP contribution in [0.4, 0.5) is 4.39 Å². The van der Waals surface area contributed by atoms with Gasteiger partial charge in [-0.05, 0) is 29.8 Å². The molecule has 1 aliphatic heterocycles. The van der Waals surface area contributed by atoms with Crippen molar-refractivity contribution in [2.24, 2.45) is 0 Å². The van der Waals surface area contributed by atoms with Crippen molar-refractivity contribution in [3.05, 3.63) is 60.4 Å². The highest BCUT2D eigenvalue weighted by Crippen LogP contribution is 2.27. The molecule has 0 spiro atoms. The molecular weight excluding hydrogens is 349 g/mol. The number of ether oxygens (including phenoxy) is 1. The fourth-order valence-electron chi connectivity index (χ4n) is 2.93. The maximum Gasteiger partial charge on any atom is 0.260 e. The minimum atomic E-state index is -1.95. The highest BCUT2D eigenvalue weighted by atomic mass is 19.1. The number of carbonyl (C=O) groups is 2. The van der Waals surface area contributed by atoms with Crippen molar-refractivity contribution in [1.82, 2.24) is 15.2 Å². The molecule has 0 aliphatic carbocycles. The van der Waals surface area contributed by atoms with Crippen LogP contribution in [0.2, 0.25) is 0 Å². The second-order valence-corrected chi connectivity index (χ2v) is 6.49. The SMILES string of the molecule is O=C(COc1ccccc1)N1CCC(F)(C(=O)NCc2ccncc2)CC1. The number of carbonyl (C=O) groups excluding carboxylic acids is 2. The largest absolute Gasteiger partial charge is 0.484 e. The lowest BCUT2D eigenvalue weighted by molar-refractivity contribution is -0.143. The summed E-state index contributed by atoms with van der Waals surface area (Å²) in [5, 5.41) is 2.63. The topological polar surface area (TPSA) is 71.5 Å². The lowest BCUT2D eigenvalue weighted by Crippen LogP contribution is -2.52. The van der Waals surface area contributed by atoms with E-state index in [0.29, 0.717) is 5.75 Å². The van der Waals surface area contributed by atoms with Crippen molar-refractivity contribution in [2.75, 3.05) is 19.7 Å². The molecule has 1 aliphatic rings. The molecule has 0 radical (unpaired) electrons. The lowest BCUT2D eigenvalue weighted by Gasteiger charge is -2.35. The van der Waals surface area contributed by atoms with Gasteiger partial charge in [-0.25, -0.2) is 4.39 Å². The Balaban J connectivity index is 1.45. The van der Waals surface area contributed by atoms with E-state index in [0.717, 1.165) is 5.56 Å². The van der Waals surface area contributed by atoms with E-state index in [1.165, 1.54) is 4.90 Å². The van der Waals surface area contributed by atoms with E-state index >= 15 is 0 Å². The molecule has 1 N–H and O–H groups in total. The molecule has 7 heteroatoms. The van der Waals surface area contributed by atoms with Crippen molar-refractivity contribution < 1.29 is 18.7 Å². The number of aromatic nitrogens is 1. The molecule has 27 heavy (non-hydrogen) atoms. The second kappa shape index (κ2) is 8.62. The van der Waals surface area contributed by atoms with Crippen molar-refractivity contribution in [3.63, 3.8) is 0 Å². The van der Waals surface area contributed by atoms with Gasteiger partial charge in [-0.15, -0.1) is 0 Å². The molecule has 142 valence electrons. The molecule has 2 heterocycles. The predicted octanol–water partition coefficient (Wildman–Crippen LogP) is 2.11. The fraction of sp³-hybridized carbons (Fsp3) is 0.350. The molecule has 1 aromatic carbocycles. The summed E-state index contributed by atoms with van der Waals surface area (Å²) in [6, 6.07) is 12.6. The van der Waals surface area contributed by atoms with Gasteiger partial charge in [0, 0.05) is 44.9 Å². The van der Waals surface area contributed by atoms with Gasteiger partial charge in [-0.1, -0.05) is 18.2 Å². The van der Waals surface area contributed by atoms with Gasteiger partial charge in [-0.2, -0.15) is 0 Å². The molecule has 2 aromatic rings. The van der Waals surface area contributed by atoms with Crippen LogP contribution in [0.5, 0.6) is 5.75 Å². The first-order chi connectivity index (χ1) is 13.1. The molecule has 1 aromatic heterocycles. The average Bonchev–Trinajstić information content (AvgIpc) is 2.72. The van der Waals surface area contributed by atoms with Crippen LogP contribution in [0.3, 0.4) is 0 Å². The van der Waals surface area contributed by atoms with E-state index in [4.69, 9.17) is 4.74 Å². The highest BCUT2D eigenvalue weighted by Gasteiger charge is 2.42. The summed E-state index contributed by atoms with van der Waals surface area (Å²) in [5.74, 6) is -0.233. The van der Waals surface area contributed by atoms with Crippen LogP contribution in [0.1, 0.15) is 18.4 Å². The van der Waals surface area contributed by atoms with E-state index in [9.17, 15) is 14.0 Å². The minimum absolute atomic E-state index is 0.0216. The zero-order valence-corrected chi connectivity index (χ0v) is 14.9. The summed E-state index contributed by atoms with van der Waals surface area (Å²) in [6.07, 6.45) is 3.20. The van der Waals surface area contributed by atoms with Crippen molar-refractivity contribution in [2.45, 2.75) is 25.1 Å². The third-order valence-corrected chi connectivity index (χ3v) is 4.62. The number of nitrogens with zero attached hydrogens (tertiary/aromatic N) is 2. The number of piperidine rings is 1. The molecule has 3 rings (SSSR count). The van der Waals surface area contributed by atoms with Crippen LogP contribution in [-0.4, -0.2) is 47.1 Å². The number of likely N-dealkylation sites (tertiary alicyclic amines) is 1. The van der Waals surface area contributed by atoms with Crippen molar-refractivity contribution in [1.29, 1.82) is 0 Å². The van der Waals surface area contributed by atoms with Gasteiger partial charge in [0.25, 0.3) is 11.8 Å². The van der Waals surface area contributed by atoms with Crippen LogP contribution >= 0.6 is 0 Å².